The molecule has 0 atom stereocenters. The van der Waals surface area contributed by atoms with Crippen LogP contribution >= 0.6 is 11.6 Å². The summed E-state index contributed by atoms with van der Waals surface area (Å²) in [4.78, 5) is 11.5. The molecule has 7 heteroatoms. The number of ether oxygens (including phenoxy) is 4. The number of nitrogens with one attached hydrogen (secondary N) is 1. The summed E-state index contributed by atoms with van der Waals surface area (Å²) in [5, 5.41) is 2.73. The highest BCUT2D eigenvalue weighted by atomic mass is 35.5. The maximum absolute atomic E-state index is 11.5. The van der Waals surface area contributed by atoms with Crippen LogP contribution in [-0.2, 0) is 23.7 Å². The molecule has 0 aliphatic heterocycles. The Balaban J connectivity index is 3.13. The molecule has 25 heavy (non-hydrogen) atoms. The summed E-state index contributed by atoms with van der Waals surface area (Å²) in [6.45, 7) is 4.15. The number of rotatable bonds is 19. The van der Waals surface area contributed by atoms with E-state index in [-0.39, 0.29) is 12.5 Å². The lowest BCUT2D eigenvalue weighted by Crippen LogP contribution is -2.31. The number of terminal acetylenes is 1. The van der Waals surface area contributed by atoms with Crippen molar-refractivity contribution in [3.63, 3.8) is 0 Å². The molecule has 146 valence electrons. The van der Waals surface area contributed by atoms with Crippen molar-refractivity contribution in [3.8, 4) is 12.3 Å². The van der Waals surface area contributed by atoms with Crippen molar-refractivity contribution < 1.29 is 23.7 Å². The molecule has 0 spiro atoms. The fourth-order valence-corrected chi connectivity index (χ4v) is 2.04. The summed E-state index contributed by atoms with van der Waals surface area (Å²) in [6.07, 6.45) is 10.2. The van der Waals surface area contributed by atoms with Crippen LogP contribution in [0.25, 0.3) is 0 Å². The average Bonchev–Trinajstić information content (AvgIpc) is 2.62. The Morgan fingerprint density at radius 3 is 2.28 bits per heavy atom. The zero-order chi connectivity index (χ0) is 18.4. The van der Waals surface area contributed by atoms with Crippen molar-refractivity contribution in [2.45, 2.75) is 32.1 Å². The Bertz CT molecular complexity index is 336. The molecule has 1 amide bonds. The quantitative estimate of drug-likeness (QED) is 0.212. The third kappa shape index (κ3) is 21.1. The van der Waals surface area contributed by atoms with Crippen LogP contribution in [0.4, 0.5) is 0 Å². The Kier molecular flexibility index (Phi) is 20.5. The fourth-order valence-electron chi connectivity index (χ4n) is 1.85. The third-order valence-electron chi connectivity index (χ3n) is 3.11. The standard InChI is InChI=1S/C18H32ClNO5/c1-2-10-22-12-7-13-25-17-18(21)20-9-14-24-16-15-23-11-6-4-3-5-8-19/h1H,3-17H2,(H,20,21). The van der Waals surface area contributed by atoms with Gasteiger partial charge in [0.05, 0.1) is 26.4 Å². The molecule has 0 bridgehead atoms. The van der Waals surface area contributed by atoms with Crippen molar-refractivity contribution in [2.24, 2.45) is 0 Å². The van der Waals surface area contributed by atoms with Crippen LogP contribution in [-0.4, -0.2) is 71.2 Å². The van der Waals surface area contributed by atoms with Crippen LogP contribution in [0.5, 0.6) is 0 Å². The highest BCUT2D eigenvalue weighted by Gasteiger charge is 2.00. The molecule has 0 unspecified atom stereocenters. The smallest absolute Gasteiger partial charge is 0.246 e. The van der Waals surface area contributed by atoms with E-state index in [0.29, 0.717) is 52.6 Å². The molecule has 0 saturated heterocycles. The minimum absolute atomic E-state index is 0.0436. The monoisotopic (exact) mass is 377 g/mol. The lowest BCUT2D eigenvalue weighted by Gasteiger charge is -2.08. The molecule has 0 fully saturated rings. The first kappa shape index (κ1) is 24.2. The molecule has 0 rings (SSSR count). The molecule has 1 N–H and O–H groups in total. The van der Waals surface area contributed by atoms with Gasteiger partial charge in [-0.2, -0.15) is 0 Å². The number of alkyl halides is 1. The average molecular weight is 378 g/mol. The largest absolute Gasteiger partial charge is 0.379 e. The van der Waals surface area contributed by atoms with Gasteiger partial charge in [-0.05, 0) is 19.3 Å². The number of halogens is 1. The SMILES string of the molecule is C#CCOCCCOCC(=O)NCCOCCOCCCCCCCl. The van der Waals surface area contributed by atoms with E-state index in [4.69, 9.17) is 37.0 Å². The lowest BCUT2D eigenvalue weighted by atomic mass is 10.2. The fraction of sp³-hybridized carbons (Fsp3) is 0.833. The first-order chi connectivity index (χ1) is 12.3. The van der Waals surface area contributed by atoms with E-state index in [1.165, 1.54) is 0 Å². The van der Waals surface area contributed by atoms with E-state index in [9.17, 15) is 4.79 Å². The number of hydrogen-bond acceptors (Lipinski definition) is 5. The normalized spacial score (nSPS) is 10.6. The minimum Gasteiger partial charge on any atom is -0.379 e. The van der Waals surface area contributed by atoms with Crippen LogP contribution < -0.4 is 5.32 Å². The van der Waals surface area contributed by atoms with Gasteiger partial charge in [0.25, 0.3) is 0 Å². The number of hydrogen-bond donors (Lipinski definition) is 1. The number of carbonyl (C=O) groups is 1. The zero-order valence-corrected chi connectivity index (χ0v) is 15.9. The van der Waals surface area contributed by atoms with Gasteiger partial charge in [0, 0.05) is 25.6 Å². The van der Waals surface area contributed by atoms with E-state index in [1.807, 2.05) is 0 Å². The summed E-state index contributed by atoms with van der Waals surface area (Å²) in [7, 11) is 0. The molecule has 6 nitrogen and oxygen atoms in total. The highest BCUT2D eigenvalue weighted by Crippen LogP contribution is 2.00. The Labute approximate surface area is 156 Å². The van der Waals surface area contributed by atoms with Crippen molar-refractivity contribution in [1.29, 1.82) is 0 Å². The van der Waals surface area contributed by atoms with E-state index in [0.717, 1.165) is 38.2 Å². The number of amides is 1. The molecular weight excluding hydrogens is 346 g/mol. The summed E-state index contributed by atoms with van der Waals surface area (Å²) in [6, 6.07) is 0. The van der Waals surface area contributed by atoms with Gasteiger partial charge in [-0.15, -0.1) is 18.0 Å². The van der Waals surface area contributed by atoms with Gasteiger partial charge in [0.15, 0.2) is 0 Å². The summed E-state index contributed by atoms with van der Waals surface area (Å²) in [5.41, 5.74) is 0. The maximum atomic E-state index is 11.5. The van der Waals surface area contributed by atoms with Crippen LogP contribution in [0.3, 0.4) is 0 Å². The molecule has 0 aromatic heterocycles. The molecule has 0 aromatic rings. The second-order valence-corrected chi connectivity index (χ2v) is 5.72. The van der Waals surface area contributed by atoms with Crippen molar-refractivity contribution in [2.75, 3.05) is 65.3 Å². The highest BCUT2D eigenvalue weighted by molar-refractivity contribution is 6.17. The predicted molar refractivity (Wildman–Crippen MR) is 98.9 cm³/mol. The van der Waals surface area contributed by atoms with Gasteiger partial charge < -0.3 is 24.3 Å². The molecule has 0 heterocycles. The van der Waals surface area contributed by atoms with Gasteiger partial charge >= 0.3 is 0 Å². The maximum Gasteiger partial charge on any atom is 0.246 e. The van der Waals surface area contributed by atoms with Crippen molar-refractivity contribution >= 4 is 17.5 Å². The Hall–Kier alpha value is -0.840. The second-order valence-electron chi connectivity index (χ2n) is 5.34. The van der Waals surface area contributed by atoms with Gasteiger partial charge in [-0.25, -0.2) is 0 Å². The van der Waals surface area contributed by atoms with Crippen LogP contribution in [0.1, 0.15) is 32.1 Å². The van der Waals surface area contributed by atoms with Gasteiger partial charge in [0.1, 0.15) is 13.2 Å². The van der Waals surface area contributed by atoms with E-state index >= 15 is 0 Å². The second kappa shape index (κ2) is 21.2. The van der Waals surface area contributed by atoms with Gasteiger partial charge in [-0.1, -0.05) is 18.8 Å². The van der Waals surface area contributed by atoms with Crippen LogP contribution in [0, 0.1) is 12.3 Å². The molecule has 0 aromatic carbocycles. The van der Waals surface area contributed by atoms with Gasteiger partial charge in [-0.3, -0.25) is 4.79 Å². The topological polar surface area (TPSA) is 66.0 Å². The van der Waals surface area contributed by atoms with Crippen molar-refractivity contribution in [1.82, 2.24) is 5.32 Å². The molecule has 0 saturated carbocycles. The van der Waals surface area contributed by atoms with E-state index < -0.39 is 0 Å². The summed E-state index contributed by atoms with van der Waals surface area (Å²) >= 11 is 5.61. The van der Waals surface area contributed by atoms with Crippen LogP contribution in [0.15, 0.2) is 0 Å². The molecular formula is C18H32ClNO5. The molecule has 0 aliphatic carbocycles. The Morgan fingerprint density at radius 1 is 0.840 bits per heavy atom. The zero-order valence-electron chi connectivity index (χ0n) is 15.1. The minimum atomic E-state index is -0.152. The lowest BCUT2D eigenvalue weighted by molar-refractivity contribution is -0.126. The third-order valence-corrected chi connectivity index (χ3v) is 3.38. The molecule has 0 aliphatic rings. The Morgan fingerprint density at radius 2 is 1.52 bits per heavy atom. The summed E-state index contributed by atoms with van der Waals surface area (Å²) in [5.74, 6) is 2.97. The summed E-state index contributed by atoms with van der Waals surface area (Å²) < 4.78 is 21.1. The van der Waals surface area contributed by atoms with Crippen LogP contribution in [0.2, 0.25) is 0 Å². The molecule has 0 radical (unpaired) electrons. The number of carbonyl (C=O) groups excluding carboxylic acids is 1. The van der Waals surface area contributed by atoms with Gasteiger partial charge in [0.2, 0.25) is 5.91 Å². The first-order valence-electron chi connectivity index (χ1n) is 8.88. The van der Waals surface area contributed by atoms with Crippen molar-refractivity contribution in [3.05, 3.63) is 0 Å². The van der Waals surface area contributed by atoms with E-state index in [2.05, 4.69) is 11.2 Å². The number of unbranched alkanes of at least 4 members (excludes halogenated alkanes) is 3. The predicted octanol–water partition coefficient (Wildman–Crippen LogP) is 1.99. The first-order valence-corrected chi connectivity index (χ1v) is 9.41. The van der Waals surface area contributed by atoms with E-state index in [1.54, 1.807) is 0 Å².